The predicted octanol–water partition coefficient (Wildman–Crippen LogP) is -3.10. The number of carbonyl (C=O) groups is 1. The van der Waals surface area contributed by atoms with E-state index in [1.165, 1.54) is 57.3 Å². The highest BCUT2D eigenvalue weighted by Crippen LogP contribution is 2.39. The van der Waals surface area contributed by atoms with E-state index in [1.54, 1.807) is 0 Å². The molecule has 0 aromatic carbocycles. The van der Waals surface area contributed by atoms with Gasteiger partial charge in [0.25, 0.3) is 0 Å². The first kappa shape index (κ1) is 17.1. The molecule has 0 aromatic heterocycles. The number of hydrogen-bond acceptors (Lipinski definition) is 5. The lowest BCUT2D eigenvalue weighted by atomic mass is 9.73. The van der Waals surface area contributed by atoms with Gasteiger partial charge in [0.2, 0.25) is 5.91 Å². The van der Waals surface area contributed by atoms with Gasteiger partial charge in [0, 0.05) is 31.3 Å². The van der Waals surface area contributed by atoms with Crippen molar-refractivity contribution in [2.75, 3.05) is 19.6 Å². The van der Waals surface area contributed by atoms with Gasteiger partial charge in [-0.2, -0.15) is 0 Å². The molecule has 0 saturated carbocycles. The summed E-state index contributed by atoms with van der Waals surface area (Å²) in [6, 6.07) is 0.575. The zero-order chi connectivity index (χ0) is 16.6. The predicted molar refractivity (Wildman–Crippen MR) is 69.8 cm³/mol. The van der Waals surface area contributed by atoms with Crippen molar-refractivity contribution < 1.29 is 38.2 Å². The Morgan fingerprint density at radius 3 is 2.57 bits per heavy atom. The summed E-state index contributed by atoms with van der Waals surface area (Å²) in [5.41, 5.74) is 1.49. The summed E-state index contributed by atoms with van der Waals surface area (Å²) in [4.78, 5) is 15.0. The van der Waals surface area contributed by atoms with Crippen molar-refractivity contribution >= 4 is 11.6 Å². The van der Waals surface area contributed by atoms with Gasteiger partial charge in [0.15, 0.2) is 5.71 Å². The first-order valence-corrected chi connectivity index (χ1v) is 9.61. The second-order valence-electron chi connectivity index (χ2n) is 6.92. The Kier molecular flexibility index (Phi) is 4.94. The van der Waals surface area contributed by atoms with Crippen molar-refractivity contribution in [3.8, 4) is 0 Å². The maximum Gasteiger partial charge on any atom is 0.236 e. The van der Waals surface area contributed by atoms with Crippen LogP contribution >= 0.6 is 0 Å². The van der Waals surface area contributed by atoms with Crippen LogP contribution in [0.5, 0.6) is 0 Å². The number of piperidine rings is 2. The lowest BCUT2D eigenvalue weighted by Gasteiger charge is -2.48. The molecule has 2 bridgehead atoms. The van der Waals surface area contributed by atoms with Gasteiger partial charge in [-0.25, -0.2) is 23.2 Å². The van der Waals surface area contributed by atoms with Gasteiger partial charge < -0.3 is 4.90 Å². The minimum atomic E-state index is -4.94. The number of carbonyl (C=O) groups excluding carboxylic acids is 1. The molecule has 0 unspecified atom stereocenters. The van der Waals surface area contributed by atoms with Gasteiger partial charge in [-0.3, -0.25) is 4.79 Å². The van der Waals surface area contributed by atoms with E-state index < -0.39 is 10.2 Å². The van der Waals surface area contributed by atoms with Crippen LogP contribution < -0.4 is 18.6 Å². The van der Waals surface area contributed by atoms with Crippen molar-refractivity contribution in [2.45, 2.75) is 51.0 Å². The highest BCUT2D eigenvalue weighted by molar-refractivity contribution is 6.03. The summed E-state index contributed by atoms with van der Waals surface area (Å²) in [6.07, 6.45) is 8.77. The van der Waals surface area contributed by atoms with Crippen molar-refractivity contribution in [1.82, 2.24) is 4.90 Å². The number of fused-ring (bicyclic) bond motifs is 5. The van der Waals surface area contributed by atoms with Gasteiger partial charge in [0.1, 0.15) is 19.0 Å². The largest absolute Gasteiger partial charge is 0.338 e. The Hall–Kier alpha value is -0.730. The number of amides is 1. The molecule has 0 aliphatic carbocycles. The van der Waals surface area contributed by atoms with Crippen LogP contribution in [-0.2, 0) is 4.79 Å². The third-order valence-corrected chi connectivity index (χ3v) is 5.59. The van der Waals surface area contributed by atoms with Crippen LogP contribution in [0.3, 0.4) is 0 Å². The molecule has 1 amide bonds. The van der Waals surface area contributed by atoms with E-state index in [0.717, 1.165) is 18.9 Å². The molecule has 0 spiro atoms. The first-order valence-electron chi connectivity index (χ1n) is 8.37. The Morgan fingerprint density at radius 2 is 1.83 bits per heavy atom. The fourth-order valence-electron chi connectivity index (χ4n) is 4.75. The molecule has 2 saturated heterocycles. The summed E-state index contributed by atoms with van der Waals surface area (Å²) in [5, 5.41) is 0. The van der Waals surface area contributed by atoms with E-state index in [2.05, 4.69) is 9.48 Å². The number of hydrogen-bond donors (Lipinski definition) is 0. The molecular weight excluding hydrogens is 324 g/mol. The fraction of sp³-hybridized carbons (Fsp3) is 0.867. The van der Waals surface area contributed by atoms with E-state index in [4.69, 9.17) is 18.6 Å². The molecule has 0 N–H and O–H groups in total. The normalized spacial score (nSPS) is 33.5. The minimum Gasteiger partial charge on any atom is -0.338 e. The zero-order valence-corrected chi connectivity index (χ0v) is 13.9. The van der Waals surface area contributed by atoms with E-state index in [0.29, 0.717) is 11.9 Å². The second kappa shape index (κ2) is 6.64. The van der Waals surface area contributed by atoms with Crippen LogP contribution in [0.1, 0.15) is 44.9 Å². The molecular formula is C15H23ClN2O5. The van der Waals surface area contributed by atoms with Crippen LogP contribution in [-0.4, -0.2) is 46.8 Å². The topological polar surface area (TPSA) is 116 Å². The molecule has 0 radical (unpaired) electrons. The van der Waals surface area contributed by atoms with Gasteiger partial charge in [-0.1, -0.05) is 0 Å². The van der Waals surface area contributed by atoms with E-state index >= 15 is 0 Å². The molecule has 0 aromatic rings. The summed E-state index contributed by atoms with van der Waals surface area (Å²) in [6.45, 7) is 3.48. The average Bonchev–Trinajstić information content (AvgIpc) is 2.51. The van der Waals surface area contributed by atoms with Crippen molar-refractivity contribution in [2.24, 2.45) is 11.8 Å². The molecule has 8 heteroatoms. The fourth-order valence-corrected chi connectivity index (χ4v) is 4.75. The van der Waals surface area contributed by atoms with Crippen LogP contribution in [0.15, 0.2) is 0 Å². The van der Waals surface area contributed by atoms with Gasteiger partial charge in [0.05, 0.1) is 0 Å². The Bertz CT molecular complexity index is 499. The summed E-state index contributed by atoms with van der Waals surface area (Å²) in [7, 11) is -4.94. The molecule has 3 atom stereocenters. The molecule has 23 heavy (non-hydrogen) atoms. The average molecular weight is 347 g/mol. The highest BCUT2D eigenvalue weighted by Gasteiger charge is 2.51. The lowest BCUT2D eigenvalue weighted by Crippen LogP contribution is -2.68. The zero-order valence-electron chi connectivity index (χ0n) is 13.1. The SMILES string of the molecule is O=C1[C@@H]2C[C@@H](C[N+]3=C2CCCC3)[C@@H]2CCCCN12.[O-][Cl+3]([O-])([O-])[O-]. The number of nitrogens with zero attached hydrogens (tertiary/aromatic N) is 2. The van der Waals surface area contributed by atoms with E-state index in [9.17, 15) is 4.79 Å². The Balaban J connectivity index is 0.000000276. The van der Waals surface area contributed by atoms with Gasteiger partial charge >= 0.3 is 0 Å². The Morgan fingerprint density at radius 1 is 1.09 bits per heavy atom. The molecule has 4 aliphatic rings. The first-order chi connectivity index (χ1) is 10.8. The van der Waals surface area contributed by atoms with Crippen LogP contribution in [0, 0.1) is 22.1 Å². The smallest absolute Gasteiger partial charge is 0.236 e. The summed E-state index contributed by atoms with van der Waals surface area (Å²) < 4.78 is 36.5. The third-order valence-electron chi connectivity index (χ3n) is 5.59. The van der Waals surface area contributed by atoms with Crippen molar-refractivity contribution in [3.05, 3.63) is 0 Å². The monoisotopic (exact) mass is 346 g/mol. The molecule has 4 rings (SSSR count). The summed E-state index contributed by atoms with van der Waals surface area (Å²) >= 11 is 0. The third kappa shape index (κ3) is 3.85. The quantitative estimate of drug-likeness (QED) is 0.431. The molecule has 7 nitrogen and oxygen atoms in total. The van der Waals surface area contributed by atoms with Gasteiger partial charge in [-0.15, -0.1) is 10.2 Å². The van der Waals surface area contributed by atoms with Crippen LogP contribution in [0.2, 0.25) is 0 Å². The van der Waals surface area contributed by atoms with Gasteiger partial charge in [-0.05, 0) is 32.1 Å². The second-order valence-corrected chi connectivity index (χ2v) is 7.67. The highest BCUT2D eigenvalue weighted by atomic mass is 35.7. The number of halogens is 1. The van der Waals surface area contributed by atoms with Crippen molar-refractivity contribution in [1.29, 1.82) is 0 Å². The lowest BCUT2D eigenvalue weighted by molar-refractivity contribution is -2.00. The number of rotatable bonds is 0. The van der Waals surface area contributed by atoms with E-state index in [-0.39, 0.29) is 5.92 Å². The summed E-state index contributed by atoms with van der Waals surface area (Å²) in [5.74, 6) is 1.49. The maximum absolute atomic E-state index is 12.7. The van der Waals surface area contributed by atoms with Crippen LogP contribution in [0.4, 0.5) is 0 Å². The molecule has 2 fully saturated rings. The molecule has 4 aliphatic heterocycles. The standard InChI is InChI=1S/C15H23N2O.ClHO4/c18-15-12-9-11(13-5-2-4-8-17(13)15)10-16-7-3-1-6-14(12)16;2-1(3,4)5/h11-13H,1-10H2;(H,2,3,4,5)/q+1;/p-1/t11-,12+,13-;/m0./s1. The maximum atomic E-state index is 12.7. The molecule has 130 valence electrons. The minimum absolute atomic E-state index is 0.262. The van der Waals surface area contributed by atoms with E-state index in [1.807, 2.05) is 0 Å². The van der Waals surface area contributed by atoms with Crippen molar-refractivity contribution in [3.63, 3.8) is 0 Å². The molecule has 4 heterocycles. The Labute approximate surface area is 137 Å². The van der Waals surface area contributed by atoms with Crippen LogP contribution in [0.25, 0.3) is 0 Å².